The van der Waals surface area contributed by atoms with Crippen LogP contribution in [0.1, 0.15) is 59.3 Å². The topological polar surface area (TPSA) is 78.7 Å². The maximum Gasteiger partial charge on any atom is 0.410 e. The van der Waals surface area contributed by atoms with E-state index in [1.165, 1.54) is 6.33 Å². The van der Waals surface area contributed by atoms with E-state index in [2.05, 4.69) is 10.1 Å². The fourth-order valence-electron chi connectivity index (χ4n) is 4.27. The predicted octanol–water partition coefficient (Wildman–Crippen LogP) is 4.37. The Hall–Kier alpha value is -2.61. The molecule has 0 spiro atoms. The van der Waals surface area contributed by atoms with Gasteiger partial charge in [-0.3, -0.25) is 0 Å². The van der Waals surface area contributed by atoms with Gasteiger partial charge in [0.05, 0.1) is 24.0 Å². The molecule has 1 saturated carbocycles. The van der Waals surface area contributed by atoms with E-state index in [1.807, 2.05) is 45.0 Å². The lowest BCUT2D eigenvalue weighted by Gasteiger charge is -2.36. The van der Waals surface area contributed by atoms with Gasteiger partial charge in [0.25, 0.3) is 0 Å². The molecule has 0 atom stereocenters. The second-order valence-electron chi connectivity index (χ2n) is 9.65. The quantitative estimate of drug-likeness (QED) is 0.684. The molecule has 32 heavy (non-hydrogen) atoms. The van der Waals surface area contributed by atoms with Crippen molar-refractivity contribution in [3.63, 3.8) is 0 Å². The molecular formula is C24H34N4O4. The average Bonchev–Trinajstić information content (AvgIpc) is 3.30. The molecule has 1 aliphatic carbocycles. The van der Waals surface area contributed by atoms with Gasteiger partial charge in [-0.15, -0.1) is 0 Å². The van der Waals surface area contributed by atoms with Crippen LogP contribution in [0.25, 0.3) is 5.69 Å². The molecule has 2 fully saturated rings. The van der Waals surface area contributed by atoms with Gasteiger partial charge in [-0.05, 0) is 83.6 Å². The minimum Gasteiger partial charge on any atom is -0.490 e. The number of carbonyl (C=O) groups excluding carboxylic acids is 1. The highest BCUT2D eigenvalue weighted by atomic mass is 16.6. The van der Waals surface area contributed by atoms with Crippen LogP contribution in [0.15, 0.2) is 36.9 Å². The summed E-state index contributed by atoms with van der Waals surface area (Å²) in [4.78, 5) is 18.0. The van der Waals surface area contributed by atoms with Gasteiger partial charge < -0.3 is 19.1 Å². The van der Waals surface area contributed by atoms with E-state index in [9.17, 15) is 4.79 Å². The fraction of sp³-hybridized carbons (Fsp3) is 0.625. The number of nitrogens with zero attached hydrogens (tertiary/aromatic N) is 4. The van der Waals surface area contributed by atoms with Gasteiger partial charge in [0.15, 0.2) is 0 Å². The van der Waals surface area contributed by atoms with E-state index in [0.717, 1.165) is 50.0 Å². The van der Waals surface area contributed by atoms with E-state index in [4.69, 9.17) is 14.2 Å². The zero-order valence-corrected chi connectivity index (χ0v) is 19.3. The number of rotatable bonds is 5. The van der Waals surface area contributed by atoms with Gasteiger partial charge in [0.1, 0.15) is 24.0 Å². The highest BCUT2D eigenvalue weighted by Crippen LogP contribution is 2.28. The van der Waals surface area contributed by atoms with Gasteiger partial charge in [0, 0.05) is 13.1 Å². The number of ether oxygens (including phenoxy) is 3. The van der Waals surface area contributed by atoms with Crippen molar-refractivity contribution in [2.45, 2.75) is 83.2 Å². The minimum atomic E-state index is -0.454. The molecule has 174 valence electrons. The lowest BCUT2D eigenvalue weighted by Crippen LogP contribution is -2.44. The Labute approximate surface area is 189 Å². The zero-order valence-electron chi connectivity index (χ0n) is 19.3. The van der Waals surface area contributed by atoms with Gasteiger partial charge in [-0.25, -0.2) is 14.5 Å². The van der Waals surface area contributed by atoms with Crippen molar-refractivity contribution in [2.75, 3.05) is 13.1 Å². The molecule has 1 saturated heterocycles. The summed E-state index contributed by atoms with van der Waals surface area (Å²) >= 11 is 0. The monoisotopic (exact) mass is 442 g/mol. The van der Waals surface area contributed by atoms with Crippen LogP contribution in [0.3, 0.4) is 0 Å². The van der Waals surface area contributed by atoms with Crippen LogP contribution in [0.4, 0.5) is 4.79 Å². The maximum atomic E-state index is 12.2. The van der Waals surface area contributed by atoms with E-state index >= 15 is 0 Å². The molecule has 1 aromatic heterocycles. The van der Waals surface area contributed by atoms with Crippen LogP contribution < -0.4 is 4.74 Å². The number of aromatic nitrogens is 3. The van der Waals surface area contributed by atoms with Crippen LogP contribution in [0.5, 0.6) is 5.75 Å². The van der Waals surface area contributed by atoms with E-state index in [0.29, 0.717) is 13.1 Å². The first-order chi connectivity index (χ1) is 15.4. The molecule has 2 aliphatic rings. The van der Waals surface area contributed by atoms with Gasteiger partial charge in [0.2, 0.25) is 0 Å². The molecule has 0 bridgehead atoms. The third kappa shape index (κ3) is 6.22. The van der Waals surface area contributed by atoms with Crippen LogP contribution in [-0.4, -0.2) is 62.8 Å². The molecule has 0 unspecified atom stereocenters. The van der Waals surface area contributed by atoms with Crippen molar-refractivity contribution >= 4 is 6.09 Å². The molecule has 0 N–H and O–H groups in total. The van der Waals surface area contributed by atoms with Crippen LogP contribution in [0.2, 0.25) is 0 Å². The SMILES string of the molecule is CC(C)(C)OC(=O)N1CCC(O[C@H]2CC[C@H](Oc3ccc(-n4cncn4)cc3)CC2)CC1. The van der Waals surface area contributed by atoms with Crippen molar-refractivity contribution in [3.05, 3.63) is 36.9 Å². The van der Waals surface area contributed by atoms with E-state index in [-0.39, 0.29) is 24.4 Å². The number of hydrogen-bond acceptors (Lipinski definition) is 6. The molecule has 1 aromatic carbocycles. The van der Waals surface area contributed by atoms with Gasteiger partial charge in [-0.2, -0.15) is 5.10 Å². The number of hydrogen-bond donors (Lipinski definition) is 0. The molecular weight excluding hydrogens is 408 g/mol. The molecule has 0 radical (unpaired) electrons. The minimum absolute atomic E-state index is 0.220. The molecule has 8 heteroatoms. The second-order valence-corrected chi connectivity index (χ2v) is 9.65. The Kier molecular flexibility index (Phi) is 6.98. The first kappa shape index (κ1) is 22.6. The van der Waals surface area contributed by atoms with Crippen LogP contribution >= 0.6 is 0 Å². The smallest absolute Gasteiger partial charge is 0.410 e. The lowest BCUT2D eigenvalue weighted by atomic mass is 9.94. The summed E-state index contributed by atoms with van der Waals surface area (Å²) in [5.74, 6) is 0.882. The molecule has 2 heterocycles. The molecule has 2 aromatic rings. The third-order valence-electron chi connectivity index (χ3n) is 5.92. The Balaban J connectivity index is 1.16. The number of carbonyl (C=O) groups is 1. The number of amides is 1. The normalized spacial score (nSPS) is 22.5. The lowest BCUT2D eigenvalue weighted by molar-refractivity contribution is -0.0675. The van der Waals surface area contributed by atoms with Crippen molar-refractivity contribution in [1.82, 2.24) is 19.7 Å². The van der Waals surface area contributed by atoms with Crippen molar-refractivity contribution in [3.8, 4) is 11.4 Å². The molecule has 4 rings (SSSR count). The first-order valence-electron chi connectivity index (χ1n) is 11.6. The summed E-state index contributed by atoms with van der Waals surface area (Å²) in [7, 11) is 0. The summed E-state index contributed by atoms with van der Waals surface area (Å²) in [6.45, 7) is 7.09. The standard InChI is InChI=1S/C24H34N4O4/c1-24(2,3)32-23(29)27-14-12-22(13-15-27)31-21-10-8-20(9-11-21)30-19-6-4-18(5-7-19)28-17-25-16-26-28/h4-7,16-17,20-22H,8-15H2,1-3H3/t20-,21-. The van der Waals surface area contributed by atoms with E-state index < -0.39 is 5.60 Å². The largest absolute Gasteiger partial charge is 0.490 e. The Morgan fingerprint density at radius 3 is 2.16 bits per heavy atom. The summed E-state index contributed by atoms with van der Waals surface area (Å²) in [5, 5.41) is 4.14. The maximum absolute atomic E-state index is 12.2. The number of piperidine rings is 1. The summed E-state index contributed by atoms with van der Waals surface area (Å²) in [6, 6.07) is 7.95. The number of likely N-dealkylation sites (tertiary alicyclic amines) is 1. The van der Waals surface area contributed by atoms with Crippen LogP contribution in [-0.2, 0) is 9.47 Å². The first-order valence-corrected chi connectivity index (χ1v) is 11.6. The highest BCUT2D eigenvalue weighted by Gasteiger charge is 2.30. The Morgan fingerprint density at radius 2 is 1.56 bits per heavy atom. The van der Waals surface area contributed by atoms with Crippen LogP contribution in [0, 0.1) is 0 Å². The Morgan fingerprint density at radius 1 is 0.938 bits per heavy atom. The average molecular weight is 443 g/mol. The molecule has 1 amide bonds. The predicted molar refractivity (Wildman–Crippen MR) is 120 cm³/mol. The van der Waals surface area contributed by atoms with Gasteiger partial charge in [-0.1, -0.05) is 0 Å². The van der Waals surface area contributed by atoms with Crippen molar-refractivity contribution < 1.29 is 19.0 Å². The second kappa shape index (κ2) is 9.90. The van der Waals surface area contributed by atoms with Gasteiger partial charge >= 0.3 is 6.09 Å². The summed E-state index contributed by atoms with van der Waals surface area (Å²) < 4.78 is 19.8. The zero-order chi connectivity index (χ0) is 22.6. The van der Waals surface area contributed by atoms with E-state index in [1.54, 1.807) is 15.9 Å². The van der Waals surface area contributed by atoms with Crippen molar-refractivity contribution in [2.24, 2.45) is 0 Å². The summed E-state index contributed by atoms with van der Waals surface area (Å²) in [6.07, 6.45) is 9.45. The Bertz CT molecular complexity index is 847. The summed E-state index contributed by atoms with van der Waals surface area (Å²) in [5.41, 5.74) is 0.509. The fourth-order valence-corrected chi connectivity index (χ4v) is 4.27. The third-order valence-corrected chi connectivity index (χ3v) is 5.92. The van der Waals surface area contributed by atoms with Crippen molar-refractivity contribution in [1.29, 1.82) is 0 Å². The molecule has 8 nitrogen and oxygen atoms in total. The molecule has 1 aliphatic heterocycles. The highest BCUT2D eigenvalue weighted by molar-refractivity contribution is 5.68. The number of benzene rings is 1.